The van der Waals surface area contributed by atoms with Gasteiger partial charge in [-0.2, -0.15) is 0 Å². The molecular formula is C14H22O2Si. The van der Waals surface area contributed by atoms with E-state index < -0.39 is 8.32 Å². The van der Waals surface area contributed by atoms with Gasteiger partial charge < -0.3 is 9.16 Å². The highest BCUT2D eigenvalue weighted by Gasteiger charge is 2.59. The Balaban J connectivity index is 2.13. The SMILES string of the molecule is CCOC1(O[Si](C)(C)C)CC1c1ccccc1. The molecule has 2 unspecified atom stereocenters. The van der Waals surface area contributed by atoms with Crippen molar-refractivity contribution in [3.63, 3.8) is 0 Å². The second kappa shape index (κ2) is 4.56. The van der Waals surface area contributed by atoms with Gasteiger partial charge in [0.25, 0.3) is 0 Å². The van der Waals surface area contributed by atoms with E-state index in [0.29, 0.717) is 12.5 Å². The minimum atomic E-state index is -1.57. The van der Waals surface area contributed by atoms with Crippen LogP contribution in [0.2, 0.25) is 19.6 Å². The topological polar surface area (TPSA) is 18.5 Å². The first-order valence-corrected chi connectivity index (χ1v) is 9.77. The van der Waals surface area contributed by atoms with Crippen LogP contribution in [0, 0.1) is 0 Å². The summed E-state index contributed by atoms with van der Waals surface area (Å²) in [4.78, 5) is 0. The first-order valence-electron chi connectivity index (χ1n) is 6.36. The predicted molar refractivity (Wildman–Crippen MR) is 72.6 cm³/mol. The number of ether oxygens (including phenoxy) is 1. The lowest BCUT2D eigenvalue weighted by molar-refractivity contribution is -0.111. The fourth-order valence-electron chi connectivity index (χ4n) is 2.35. The van der Waals surface area contributed by atoms with E-state index in [9.17, 15) is 0 Å². The highest BCUT2D eigenvalue weighted by Crippen LogP contribution is 2.56. The molecule has 0 aliphatic heterocycles. The molecular weight excluding hydrogens is 228 g/mol. The van der Waals surface area contributed by atoms with Gasteiger partial charge in [0.15, 0.2) is 14.1 Å². The van der Waals surface area contributed by atoms with E-state index in [0.717, 1.165) is 6.42 Å². The Hall–Kier alpha value is -0.643. The Labute approximate surface area is 105 Å². The first kappa shape index (κ1) is 12.8. The van der Waals surface area contributed by atoms with Crippen LogP contribution in [0.15, 0.2) is 30.3 Å². The van der Waals surface area contributed by atoms with Crippen molar-refractivity contribution in [3.05, 3.63) is 35.9 Å². The Kier molecular flexibility index (Phi) is 3.43. The molecule has 0 radical (unpaired) electrons. The first-order chi connectivity index (χ1) is 7.97. The number of hydrogen-bond donors (Lipinski definition) is 0. The van der Waals surface area contributed by atoms with Crippen LogP contribution in [0.3, 0.4) is 0 Å². The lowest BCUT2D eigenvalue weighted by Gasteiger charge is -2.27. The van der Waals surface area contributed by atoms with Crippen LogP contribution in [-0.4, -0.2) is 20.7 Å². The average Bonchev–Trinajstić information content (AvgIpc) is 2.91. The standard InChI is InChI=1S/C14H22O2Si/c1-5-15-14(16-17(2,3)4)11-13(14)12-9-7-6-8-10-12/h6-10,13H,5,11H2,1-4H3. The highest BCUT2D eigenvalue weighted by atomic mass is 28.4. The van der Waals surface area contributed by atoms with Gasteiger partial charge >= 0.3 is 0 Å². The van der Waals surface area contributed by atoms with Crippen molar-refractivity contribution in [2.24, 2.45) is 0 Å². The van der Waals surface area contributed by atoms with E-state index in [1.54, 1.807) is 0 Å². The van der Waals surface area contributed by atoms with Gasteiger partial charge in [0, 0.05) is 18.9 Å². The normalized spacial score (nSPS) is 28.1. The van der Waals surface area contributed by atoms with Crippen molar-refractivity contribution >= 4 is 8.32 Å². The van der Waals surface area contributed by atoms with Crippen LogP contribution in [0.4, 0.5) is 0 Å². The van der Waals surface area contributed by atoms with Gasteiger partial charge in [-0.1, -0.05) is 30.3 Å². The summed E-state index contributed by atoms with van der Waals surface area (Å²) in [6, 6.07) is 10.5. The predicted octanol–water partition coefficient (Wildman–Crippen LogP) is 3.76. The summed E-state index contributed by atoms with van der Waals surface area (Å²) in [7, 11) is -1.57. The average molecular weight is 250 g/mol. The molecule has 17 heavy (non-hydrogen) atoms. The largest absolute Gasteiger partial charge is 0.390 e. The van der Waals surface area contributed by atoms with Crippen molar-refractivity contribution in [1.82, 2.24) is 0 Å². The van der Waals surface area contributed by atoms with E-state index in [4.69, 9.17) is 9.16 Å². The molecule has 2 rings (SSSR count). The fraction of sp³-hybridized carbons (Fsp3) is 0.571. The lowest BCUT2D eigenvalue weighted by Crippen LogP contribution is -2.36. The van der Waals surface area contributed by atoms with Crippen molar-refractivity contribution < 1.29 is 9.16 Å². The zero-order valence-electron chi connectivity index (χ0n) is 11.2. The molecule has 3 heteroatoms. The molecule has 1 aromatic carbocycles. The molecule has 1 fully saturated rings. The van der Waals surface area contributed by atoms with Crippen LogP contribution >= 0.6 is 0 Å². The minimum Gasteiger partial charge on any atom is -0.390 e. The lowest BCUT2D eigenvalue weighted by atomic mass is 10.1. The van der Waals surface area contributed by atoms with Gasteiger partial charge in [-0.15, -0.1) is 0 Å². The van der Waals surface area contributed by atoms with E-state index in [-0.39, 0.29) is 5.79 Å². The Morgan fingerprint density at radius 3 is 2.41 bits per heavy atom. The van der Waals surface area contributed by atoms with Crippen molar-refractivity contribution in [3.8, 4) is 0 Å². The Bertz CT molecular complexity index is 372. The van der Waals surface area contributed by atoms with Crippen LogP contribution in [0.25, 0.3) is 0 Å². The van der Waals surface area contributed by atoms with Crippen LogP contribution in [0.5, 0.6) is 0 Å². The third-order valence-electron chi connectivity index (χ3n) is 2.93. The molecule has 1 saturated carbocycles. The summed E-state index contributed by atoms with van der Waals surface area (Å²) >= 11 is 0. The second-order valence-corrected chi connectivity index (χ2v) is 10.1. The molecule has 0 spiro atoms. The van der Waals surface area contributed by atoms with Crippen molar-refractivity contribution in [1.29, 1.82) is 0 Å². The Morgan fingerprint density at radius 1 is 1.24 bits per heavy atom. The number of benzene rings is 1. The summed E-state index contributed by atoms with van der Waals surface area (Å²) in [6.45, 7) is 9.40. The monoisotopic (exact) mass is 250 g/mol. The van der Waals surface area contributed by atoms with Crippen molar-refractivity contribution in [2.75, 3.05) is 6.61 Å². The number of rotatable bonds is 5. The van der Waals surface area contributed by atoms with Crippen LogP contribution in [-0.2, 0) is 9.16 Å². The Morgan fingerprint density at radius 2 is 1.88 bits per heavy atom. The third kappa shape index (κ3) is 2.97. The maximum absolute atomic E-state index is 6.26. The van der Waals surface area contributed by atoms with Gasteiger partial charge in [0.1, 0.15) is 0 Å². The second-order valence-electron chi connectivity index (χ2n) is 5.63. The maximum atomic E-state index is 6.26. The molecule has 2 nitrogen and oxygen atoms in total. The van der Waals surface area contributed by atoms with Gasteiger partial charge in [-0.05, 0) is 32.1 Å². The minimum absolute atomic E-state index is 0.333. The van der Waals surface area contributed by atoms with E-state index in [1.807, 2.05) is 13.0 Å². The molecule has 0 saturated heterocycles. The van der Waals surface area contributed by atoms with Gasteiger partial charge in [0.2, 0.25) is 0 Å². The maximum Gasteiger partial charge on any atom is 0.187 e. The van der Waals surface area contributed by atoms with Gasteiger partial charge in [0.05, 0.1) is 0 Å². The van der Waals surface area contributed by atoms with E-state index in [2.05, 4.69) is 43.9 Å². The van der Waals surface area contributed by atoms with E-state index in [1.165, 1.54) is 5.56 Å². The number of hydrogen-bond acceptors (Lipinski definition) is 2. The molecule has 1 aliphatic carbocycles. The molecule has 1 aromatic rings. The third-order valence-corrected chi connectivity index (χ3v) is 3.89. The van der Waals surface area contributed by atoms with Crippen LogP contribution in [0.1, 0.15) is 24.8 Å². The zero-order chi connectivity index (χ0) is 12.5. The zero-order valence-corrected chi connectivity index (χ0v) is 12.2. The van der Waals surface area contributed by atoms with Crippen molar-refractivity contribution in [2.45, 2.75) is 44.7 Å². The van der Waals surface area contributed by atoms with Gasteiger partial charge in [-0.25, -0.2) is 0 Å². The summed E-state index contributed by atoms with van der Waals surface area (Å²) in [5.41, 5.74) is 1.33. The van der Waals surface area contributed by atoms with E-state index >= 15 is 0 Å². The molecule has 0 heterocycles. The summed E-state index contributed by atoms with van der Waals surface area (Å²) < 4.78 is 12.2. The summed E-state index contributed by atoms with van der Waals surface area (Å²) in [5.74, 6) is 0.0796. The molecule has 0 N–H and O–H groups in total. The highest BCUT2D eigenvalue weighted by molar-refractivity contribution is 6.69. The molecule has 94 valence electrons. The summed E-state index contributed by atoms with van der Waals surface area (Å²) in [5, 5.41) is 0. The molecule has 1 aliphatic rings. The quantitative estimate of drug-likeness (QED) is 0.585. The fourth-order valence-corrected chi connectivity index (χ4v) is 3.67. The van der Waals surface area contributed by atoms with Gasteiger partial charge in [-0.3, -0.25) is 0 Å². The molecule has 0 bridgehead atoms. The van der Waals surface area contributed by atoms with Crippen LogP contribution < -0.4 is 0 Å². The summed E-state index contributed by atoms with van der Waals surface area (Å²) in [6.07, 6.45) is 0.995. The smallest absolute Gasteiger partial charge is 0.187 e. The molecule has 0 aromatic heterocycles. The molecule has 0 amide bonds. The molecule has 2 atom stereocenters.